The van der Waals surface area contributed by atoms with Gasteiger partial charge in [-0.3, -0.25) is 4.79 Å². The topological polar surface area (TPSA) is 17.1 Å². The normalized spacial score (nSPS) is 12.6. The van der Waals surface area contributed by atoms with Crippen molar-refractivity contribution in [1.82, 2.24) is 0 Å². The number of hydrogen-bond acceptors (Lipinski definition) is 2. The maximum atomic E-state index is 12.1. The predicted molar refractivity (Wildman–Crippen MR) is 67.2 cm³/mol. The van der Waals surface area contributed by atoms with Crippen LogP contribution in [0.25, 0.3) is 0 Å². The zero-order valence-corrected chi connectivity index (χ0v) is 11.4. The number of halogens is 4. The van der Waals surface area contributed by atoms with Crippen molar-refractivity contribution in [1.29, 1.82) is 0 Å². The number of alkyl halides is 4. The molecule has 0 radical (unpaired) electrons. The van der Waals surface area contributed by atoms with E-state index in [9.17, 15) is 18.0 Å². The molecule has 0 N–H and O–H groups in total. The molecule has 1 aromatic carbocycles. The quantitative estimate of drug-likeness (QED) is 0.453. The average Bonchev–Trinajstić information content (AvgIpc) is 2.27. The summed E-state index contributed by atoms with van der Waals surface area (Å²) in [6.07, 6.45) is 0. The maximum absolute atomic E-state index is 12.1. The molecule has 0 atom stereocenters. The second-order valence-corrected chi connectivity index (χ2v) is 5.82. The summed E-state index contributed by atoms with van der Waals surface area (Å²) in [5.41, 5.74) is -4.67. The maximum Gasteiger partial charge on any atom is 0.446 e. The highest BCUT2D eigenvalue weighted by Crippen LogP contribution is 2.37. The number of benzene rings is 1. The smallest absolute Gasteiger partial charge is 0.294 e. The lowest BCUT2D eigenvalue weighted by molar-refractivity contribution is -0.0328. The van der Waals surface area contributed by atoms with Gasteiger partial charge in [0.2, 0.25) is 0 Å². The van der Waals surface area contributed by atoms with Gasteiger partial charge in [-0.05, 0) is 23.9 Å². The lowest BCUT2D eigenvalue weighted by atomic mass is 9.86. The van der Waals surface area contributed by atoms with E-state index in [4.69, 9.17) is 11.6 Å². The molecule has 18 heavy (non-hydrogen) atoms. The fraction of sp³-hybridized carbons (Fsp3) is 0.417. The van der Waals surface area contributed by atoms with Gasteiger partial charge in [-0.2, -0.15) is 13.2 Å². The first-order valence-electron chi connectivity index (χ1n) is 5.12. The number of carbonyl (C=O) groups is 1. The van der Waals surface area contributed by atoms with Crippen molar-refractivity contribution in [3.05, 3.63) is 29.8 Å². The molecule has 1 aromatic rings. The Labute approximate surface area is 113 Å². The molecular formula is C12H12ClF3OS. The van der Waals surface area contributed by atoms with Crippen LogP contribution in [0.5, 0.6) is 0 Å². The first-order valence-corrected chi connectivity index (χ1v) is 6.47. The number of Topliss-reactive ketones (excluding diaryl/α,β-unsaturated/α-hetero) is 1. The van der Waals surface area contributed by atoms with Crippen molar-refractivity contribution in [2.75, 3.05) is 5.88 Å². The van der Waals surface area contributed by atoms with Crippen LogP contribution >= 0.6 is 23.4 Å². The highest BCUT2D eigenvalue weighted by molar-refractivity contribution is 8.00. The molecule has 0 aliphatic heterocycles. The number of rotatable bonds is 4. The van der Waals surface area contributed by atoms with Crippen LogP contribution in [0.3, 0.4) is 0 Å². The molecule has 1 nitrogen and oxygen atoms in total. The van der Waals surface area contributed by atoms with E-state index < -0.39 is 10.9 Å². The Morgan fingerprint density at radius 2 is 1.72 bits per heavy atom. The van der Waals surface area contributed by atoms with Crippen LogP contribution in [0, 0.1) is 5.41 Å². The summed E-state index contributed by atoms with van der Waals surface area (Å²) in [6.45, 7) is 3.39. The highest BCUT2D eigenvalue weighted by Gasteiger charge is 2.30. The Bertz CT molecular complexity index is 426. The first kappa shape index (κ1) is 15.4. The minimum Gasteiger partial charge on any atom is -0.294 e. The van der Waals surface area contributed by atoms with Crippen molar-refractivity contribution in [3.63, 3.8) is 0 Å². The Morgan fingerprint density at radius 1 is 1.22 bits per heavy atom. The Hall–Kier alpha value is -0.680. The molecule has 0 unspecified atom stereocenters. The van der Waals surface area contributed by atoms with Crippen molar-refractivity contribution in [3.8, 4) is 0 Å². The van der Waals surface area contributed by atoms with Gasteiger partial charge >= 0.3 is 5.51 Å². The molecule has 0 bridgehead atoms. The van der Waals surface area contributed by atoms with Crippen LogP contribution in [-0.2, 0) is 0 Å². The highest BCUT2D eigenvalue weighted by atomic mass is 35.5. The van der Waals surface area contributed by atoms with Gasteiger partial charge in [-0.1, -0.05) is 26.0 Å². The van der Waals surface area contributed by atoms with Gasteiger partial charge in [-0.25, -0.2) is 0 Å². The molecule has 0 amide bonds. The third-order valence-electron chi connectivity index (χ3n) is 2.30. The lowest BCUT2D eigenvalue weighted by Crippen LogP contribution is -2.26. The van der Waals surface area contributed by atoms with Gasteiger partial charge in [0.1, 0.15) is 0 Å². The lowest BCUT2D eigenvalue weighted by Gasteiger charge is -2.19. The molecule has 0 saturated carbocycles. The van der Waals surface area contributed by atoms with E-state index in [2.05, 4.69) is 0 Å². The third-order valence-corrected chi connectivity index (χ3v) is 3.71. The molecule has 0 heterocycles. The van der Waals surface area contributed by atoms with E-state index in [1.807, 2.05) is 0 Å². The van der Waals surface area contributed by atoms with Crippen LogP contribution in [0.2, 0.25) is 0 Å². The number of thioether (sulfide) groups is 1. The average molecular weight is 297 g/mol. The molecule has 0 saturated heterocycles. The third kappa shape index (κ3) is 4.21. The number of hydrogen-bond donors (Lipinski definition) is 0. The second-order valence-electron chi connectivity index (χ2n) is 4.42. The van der Waals surface area contributed by atoms with E-state index in [1.165, 1.54) is 24.3 Å². The van der Waals surface area contributed by atoms with Crippen LogP contribution < -0.4 is 0 Å². The fourth-order valence-electron chi connectivity index (χ4n) is 1.26. The van der Waals surface area contributed by atoms with Crippen LogP contribution in [0.15, 0.2) is 29.2 Å². The molecular weight excluding hydrogens is 285 g/mol. The van der Waals surface area contributed by atoms with Crippen molar-refractivity contribution < 1.29 is 18.0 Å². The standard InChI is InChI=1S/C12H12ClF3OS/c1-11(2,7-13)10(17)8-3-5-9(6-4-8)18-12(14,15)16/h3-6H,7H2,1-2H3. The Kier molecular flexibility index (Phi) is 4.72. The molecule has 100 valence electrons. The minimum absolute atomic E-state index is 0.0581. The van der Waals surface area contributed by atoms with Gasteiger partial charge in [0.25, 0.3) is 0 Å². The number of carbonyl (C=O) groups excluding carboxylic acids is 1. The molecule has 0 spiro atoms. The zero-order chi connectivity index (χ0) is 14.0. The van der Waals surface area contributed by atoms with Crippen LogP contribution in [0.4, 0.5) is 13.2 Å². The summed E-state index contributed by atoms with van der Waals surface area (Å²) in [5, 5.41) is 0. The summed E-state index contributed by atoms with van der Waals surface area (Å²) in [6, 6.07) is 5.36. The molecule has 0 aliphatic rings. The summed E-state index contributed by atoms with van der Waals surface area (Å²) in [5.74, 6) is -0.0220. The second kappa shape index (κ2) is 5.53. The van der Waals surface area contributed by atoms with E-state index in [0.717, 1.165) is 0 Å². The summed E-state index contributed by atoms with van der Waals surface area (Å²) in [4.78, 5) is 12.0. The van der Waals surface area contributed by atoms with Crippen molar-refractivity contribution >= 4 is 29.1 Å². The van der Waals surface area contributed by atoms with Gasteiger partial charge in [-0.15, -0.1) is 11.6 Å². The van der Waals surface area contributed by atoms with Crippen LogP contribution in [-0.4, -0.2) is 17.2 Å². The monoisotopic (exact) mass is 296 g/mol. The predicted octanol–water partition coefficient (Wildman–Crippen LogP) is 4.75. The molecule has 0 fully saturated rings. The van der Waals surface area contributed by atoms with E-state index in [1.54, 1.807) is 13.8 Å². The summed E-state index contributed by atoms with van der Waals surface area (Å²) in [7, 11) is 0. The van der Waals surface area contributed by atoms with Gasteiger partial charge in [0.05, 0.1) is 0 Å². The molecule has 0 aromatic heterocycles. The Morgan fingerprint density at radius 3 is 2.11 bits per heavy atom. The van der Waals surface area contributed by atoms with Gasteiger partial charge < -0.3 is 0 Å². The van der Waals surface area contributed by atoms with Crippen molar-refractivity contribution in [2.45, 2.75) is 24.3 Å². The molecule has 6 heteroatoms. The minimum atomic E-state index is -4.32. The summed E-state index contributed by atoms with van der Waals surface area (Å²) < 4.78 is 36.4. The zero-order valence-electron chi connectivity index (χ0n) is 9.84. The van der Waals surface area contributed by atoms with Gasteiger partial charge in [0, 0.05) is 21.8 Å². The Balaban J connectivity index is 2.87. The van der Waals surface area contributed by atoms with Gasteiger partial charge in [0.15, 0.2) is 5.78 Å². The fourth-order valence-corrected chi connectivity index (χ4v) is 1.92. The first-order chi connectivity index (χ1) is 8.15. The SMILES string of the molecule is CC(C)(CCl)C(=O)c1ccc(SC(F)(F)F)cc1. The molecule has 1 rings (SSSR count). The van der Waals surface area contributed by atoms with E-state index >= 15 is 0 Å². The van der Waals surface area contributed by atoms with E-state index in [0.29, 0.717) is 5.56 Å². The molecule has 0 aliphatic carbocycles. The van der Waals surface area contributed by atoms with Crippen LogP contribution in [0.1, 0.15) is 24.2 Å². The largest absolute Gasteiger partial charge is 0.446 e. The van der Waals surface area contributed by atoms with E-state index in [-0.39, 0.29) is 28.3 Å². The summed E-state index contributed by atoms with van der Waals surface area (Å²) >= 11 is 5.48. The van der Waals surface area contributed by atoms with Crippen molar-refractivity contribution in [2.24, 2.45) is 5.41 Å². The number of ketones is 1.